The molecule has 1 aliphatic rings. The minimum absolute atomic E-state index is 0.592. The highest BCUT2D eigenvalue weighted by molar-refractivity contribution is 5.60. The number of hydrogen-bond donors (Lipinski definition) is 2. The van der Waals surface area contributed by atoms with Crippen molar-refractivity contribution in [3.63, 3.8) is 0 Å². The van der Waals surface area contributed by atoms with E-state index in [0.717, 1.165) is 36.0 Å². The van der Waals surface area contributed by atoms with Gasteiger partial charge in [-0.1, -0.05) is 6.07 Å². The van der Waals surface area contributed by atoms with Gasteiger partial charge in [-0.25, -0.2) is 4.98 Å². The standard InChI is InChI=1S/C22H26N6/c1-17-15-21(24-16-19-7-3-4-12-23-19)27-22(25-17)26-18-8-10-20(11-9-18)28-13-5-2-6-14-28/h3-4,7-12,15H,2,5-6,13-14,16H2,1H3,(H2,24,25,26,27). The smallest absolute Gasteiger partial charge is 0.229 e. The van der Waals surface area contributed by atoms with E-state index in [1.54, 1.807) is 6.20 Å². The molecule has 0 spiro atoms. The van der Waals surface area contributed by atoms with Gasteiger partial charge in [-0.05, 0) is 62.6 Å². The van der Waals surface area contributed by atoms with E-state index >= 15 is 0 Å². The first-order chi connectivity index (χ1) is 13.8. The SMILES string of the molecule is Cc1cc(NCc2ccccn2)nc(Nc2ccc(N3CCCCC3)cc2)n1. The fourth-order valence-corrected chi connectivity index (χ4v) is 3.44. The molecule has 1 aliphatic heterocycles. The van der Waals surface area contributed by atoms with Crippen LogP contribution in [0.25, 0.3) is 0 Å². The van der Waals surface area contributed by atoms with Crippen LogP contribution in [0.15, 0.2) is 54.7 Å². The van der Waals surface area contributed by atoms with Crippen LogP contribution in [0.1, 0.15) is 30.7 Å². The molecule has 1 fully saturated rings. The number of aromatic nitrogens is 3. The average molecular weight is 374 g/mol. The maximum Gasteiger partial charge on any atom is 0.229 e. The molecule has 0 aliphatic carbocycles. The van der Waals surface area contributed by atoms with E-state index in [-0.39, 0.29) is 0 Å². The second-order valence-electron chi connectivity index (χ2n) is 7.11. The van der Waals surface area contributed by atoms with E-state index in [1.807, 2.05) is 31.2 Å². The summed E-state index contributed by atoms with van der Waals surface area (Å²) in [5.41, 5.74) is 4.16. The number of rotatable bonds is 6. The second kappa shape index (κ2) is 8.69. The number of nitrogens with zero attached hydrogens (tertiary/aromatic N) is 4. The van der Waals surface area contributed by atoms with Gasteiger partial charge in [0.05, 0.1) is 12.2 Å². The molecule has 0 bridgehead atoms. The van der Waals surface area contributed by atoms with Crippen LogP contribution in [0, 0.1) is 6.92 Å². The van der Waals surface area contributed by atoms with Crippen LogP contribution in [0.3, 0.4) is 0 Å². The van der Waals surface area contributed by atoms with Gasteiger partial charge >= 0.3 is 0 Å². The van der Waals surface area contributed by atoms with Crippen molar-refractivity contribution in [3.8, 4) is 0 Å². The lowest BCUT2D eigenvalue weighted by Crippen LogP contribution is -2.29. The molecule has 3 heterocycles. The molecule has 144 valence electrons. The number of anilines is 4. The van der Waals surface area contributed by atoms with Gasteiger partial charge in [0.25, 0.3) is 0 Å². The van der Waals surface area contributed by atoms with Crippen molar-refractivity contribution in [2.45, 2.75) is 32.7 Å². The first-order valence-electron chi connectivity index (χ1n) is 9.88. The van der Waals surface area contributed by atoms with Crippen LogP contribution >= 0.6 is 0 Å². The Labute approximate surface area is 166 Å². The third kappa shape index (κ3) is 4.76. The van der Waals surface area contributed by atoms with Gasteiger partial charge in [-0.15, -0.1) is 0 Å². The molecule has 0 radical (unpaired) electrons. The lowest BCUT2D eigenvalue weighted by molar-refractivity contribution is 0.578. The molecule has 2 aromatic heterocycles. The maximum atomic E-state index is 4.58. The molecule has 0 unspecified atom stereocenters. The molecule has 2 N–H and O–H groups in total. The molecule has 0 atom stereocenters. The highest BCUT2D eigenvalue weighted by Gasteiger charge is 2.11. The van der Waals surface area contributed by atoms with Crippen LogP contribution in [0.4, 0.5) is 23.1 Å². The highest BCUT2D eigenvalue weighted by atomic mass is 15.2. The molecule has 6 nitrogen and oxygen atoms in total. The average Bonchev–Trinajstić information content (AvgIpc) is 2.74. The molecule has 4 rings (SSSR count). The quantitative estimate of drug-likeness (QED) is 0.661. The summed E-state index contributed by atoms with van der Waals surface area (Å²) in [6, 6.07) is 16.4. The second-order valence-corrected chi connectivity index (χ2v) is 7.11. The minimum Gasteiger partial charge on any atom is -0.372 e. The fourth-order valence-electron chi connectivity index (χ4n) is 3.44. The van der Waals surface area contributed by atoms with E-state index in [2.05, 4.69) is 54.8 Å². The van der Waals surface area contributed by atoms with Crippen LogP contribution in [0.5, 0.6) is 0 Å². The maximum absolute atomic E-state index is 4.58. The molecule has 0 amide bonds. The van der Waals surface area contributed by atoms with E-state index in [4.69, 9.17) is 0 Å². The summed E-state index contributed by atoms with van der Waals surface area (Å²) >= 11 is 0. The van der Waals surface area contributed by atoms with E-state index in [1.165, 1.54) is 24.9 Å². The molecular formula is C22H26N6. The summed E-state index contributed by atoms with van der Waals surface area (Å²) in [5.74, 6) is 1.37. The molecule has 28 heavy (non-hydrogen) atoms. The van der Waals surface area contributed by atoms with Gasteiger partial charge in [-0.2, -0.15) is 4.98 Å². The van der Waals surface area contributed by atoms with Gasteiger partial charge in [0.1, 0.15) is 5.82 Å². The van der Waals surface area contributed by atoms with Crippen molar-refractivity contribution in [2.24, 2.45) is 0 Å². The monoisotopic (exact) mass is 374 g/mol. The summed E-state index contributed by atoms with van der Waals surface area (Å²) in [6.45, 7) is 4.90. The normalized spacial score (nSPS) is 14.0. The number of pyridine rings is 1. The number of hydrogen-bond acceptors (Lipinski definition) is 6. The Bertz CT molecular complexity index is 889. The van der Waals surface area contributed by atoms with Crippen molar-refractivity contribution in [2.75, 3.05) is 28.6 Å². The van der Waals surface area contributed by atoms with E-state index < -0.39 is 0 Å². The number of nitrogens with one attached hydrogen (secondary N) is 2. The highest BCUT2D eigenvalue weighted by Crippen LogP contribution is 2.23. The van der Waals surface area contributed by atoms with Crippen molar-refractivity contribution in [3.05, 3.63) is 66.1 Å². The Morgan fingerprint density at radius 1 is 0.964 bits per heavy atom. The number of benzene rings is 1. The Hall–Kier alpha value is -3.15. The number of piperidine rings is 1. The first kappa shape index (κ1) is 18.2. The van der Waals surface area contributed by atoms with Crippen molar-refractivity contribution in [1.82, 2.24) is 15.0 Å². The lowest BCUT2D eigenvalue weighted by atomic mass is 10.1. The van der Waals surface area contributed by atoms with Crippen molar-refractivity contribution in [1.29, 1.82) is 0 Å². The van der Waals surface area contributed by atoms with Gasteiger partial charge in [0, 0.05) is 42.4 Å². The van der Waals surface area contributed by atoms with Crippen molar-refractivity contribution < 1.29 is 0 Å². The van der Waals surface area contributed by atoms with E-state index in [9.17, 15) is 0 Å². The zero-order valence-electron chi connectivity index (χ0n) is 16.2. The van der Waals surface area contributed by atoms with Gasteiger partial charge < -0.3 is 15.5 Å². The summed E-state index contributed by atoms with van der Waals surface area (Å²) in [4.78, 5) is 15.9. The Balaban J connectivity index is 1.41. The lowest BCUT2D eigenvalue weighted by Gasteiger charge is -2.28. The first-order valence-corrected chi connectivity index (χ1v) is 9.88. The number of aryl methyl sites for hydroxylation is 1. The van der Waals surface area contributed by atoms with Gasteiger partial charge in [0.2, 0.25) is 5.95 Å². The molecule has 3 aromatic rings. The molecule has 0 saturated carbocycles. The summed E-state index contributed by atoms with van der Waals surface area (Å²) in [6.07, 6.45) is 5.71. The van der Waals surface area contributed by atoms with E-state index in [0.29, 0.717) is 12.5 Å². The third-order valence-electron chi connectivity index (χ3n) is 4.88. The molecule has 6 heteroatoms. The summed E-state index contributed by atoms with van der Waals surface area (Å²) < 4.78 is 0. The van der Waals surface area contributed by atoms with Crippen LogP contribution < -0.4 is 15.5 Å². The Morgan fingerprint density at radius 2 is 1.79 bits per heavy atom. The van der Waals surface area contributed by atoms with Gasteiger partial charge in [0.15, 0.2) is 0 Å². The Morgan fingerprint density at radius 3 is 2.54 bits per heavy atom. The zero-order valence-corrected chi connectivity index (χ0v) is 16.2. The molecule has 1 aromatic carbocycles. The van der Waals surface area contributed by atoms with Crippen LogP contribution in [-0.4, -0.2) is 28.0 Å². The van der Waals surface area contributed by atoms with Crippen LogP contribution in [-0.2, 0) is 6.54 Å². The zero-order chi connectivity index (χ0) is 19.2. The van der Waals surface area contributed by atoms with Crippen LogP contribution in [0.2, 0.25) is 0 Å². The van der Waals surface area contributed by atoms with Crippen molar-refractivity contribution >= 4 is 23.1 Å². The summed E-state index contributed by atoms with van der Waals surface area (Å²) in [7, 11) is 0. The molecular weight excluding hydrogens is 348 g/mol. The topological polar surface area (TPSA) is 66.0 Å². The fraction of sp³-hybridized carbons (Fsp3) is 0.318. The predicted molar refractivity (Wildman–Crippen MR) is 114 cm³/mol. The summed E-state index contributed by atoms with van der Waals surface area (Å²) in [5, 5.41) is 6.64. The Kier molecular flexibility index (Phi) is 5.66. The molecule has 1 saturated heterocycles. The minimum atomic E-state index is 0.592. The third-order valence-corrected chi connectivity index (χ3v) is 4.88. The predicted octanol–water partition coefficient (Wildman–Crippen LogP) is 4.53. The van der Waals surface area contributed by atoms with Gasteiger partial charge in [-0.3, -0.25) is 4.98 Å². The largest absolute Gasteiger partial charge is 0.372 e.